The molecule has 7 heteroatoms. The molecule has 16 heavy (non-hydrogen) atoms. The molecule has 0 rings (SSSR count). The lowest BCUT2D eigenvalue weighted by Crippen LogP contribution is -2.41. The van der Waals surface area contributed by atoms with Crippen molar-refractivity contribution in [1.29, 1.82) is 0 Å². The van der Waals surface area contributed by atoms with Gasteiger partial charge in [0.25, 0.3) is 0 Å². The van der Waals surface area contributed by atoms with Crippen LogP contribution in [0.4, 0.5) is 0 Å². The molecule has 0 aromatic rings. The van der Waals surface area contributed by atoms with Crippen molar-refractivity contribution in [3.05, 3.63) is 12.7 Å². The summed E-state index contributed by atoms with van der Waals surface area (Å²) in [5.74, 6) is 0.715. The van der Waals surface area contributed by atoms with E-state index in [-0.39, 0.29) is 5.75 Å². The van der Waals surface area contributed by atoms with Crippen LogP contribution in [-0.4, -0.2) is 46.8 Å². The summed E-state index contributed by atoms with van der Waals surface area (Å²) in [4.78, 5) is 3.95. The fraction of sp³-hybridized carbons (Fsp3) is 0.667. The Bertz CT molecular complexity index is 324. The highest BCUT2D eigenvalue weighted by Crippen LogP contribution is 1.79. The van der Waals surface area contributed by atoms with Crippen LogP contribution in [0.15, 0.2) is 17.6 Å². The van der Waals surface area contributed by atoms with E-state index in [0.717, 1.165) is 0 Å². The van der Waals surface area contributed by atoms with Crippen molar-refractivity contribution < 1.29 is 8.42 Å². The van der Waals surface area contributed by atoms with Crippen LogP contribution < -0.4 is 15.4 Å². The van der Waals surface area contributed by atoms with Gasteiger partial charge >= 0.3 is 0 Å². The molecule has 0 atom stereocenters. The Morgan fingerprint density at radius 3 is 2.56 bits per heavy atom. The van der Waals surface area contributed by atoms with Crippen LogP contribution in [0.5, 0.6) is 0 Å². The van der Waals surface area contributed by atoms with E-state index in [2.05, 4.69) is 26.9 Å². The maximum atomic E-state index is 11.1. The number of nitrogens with one attached hydrogen (secondary N) is 3. The molecule has 0 bridgehead atoms. The zero-order valence-electron chi connectivity index (χ0n) is 9.78. The molecule has 0 fully saturated rings. The van der Waals surface area contributed by atoms with Gasteiger partial charge < -0.3 is 10.6 Å². The van der Waals surface area contributed by atoms with Gasteiger partial charge in [0.2, 0.25) is 10.0 Å². The van der Waals surface area contributed by atoms with Gasteiger partial charge in [0.15, 0.2) is 5.96 Å². The summed E-state index contributed by atoms with van der Waals surface area (Å²) < 4.78 is 24.6. The lowest BCUT2D eigenvalue weighted by Gasteiger charge is -2.10. The van der Waals surface area contributed by atoms with Crippen LogP contribution in [0.2, 0.25) is 0 Å². The van der Waals surface area contributed by atoms with Crippen molar-refractivity contribution in [1.82, 2.24) is 15.4 Å². The van der Waals surface area contributed by atoms with Gasteiger partial charge in [-0.05, 0) is 6.92 Å². The van der Waals surface area contributed by atoms with E-state index in [0.29, 0.717) is 25.6 Å². The van der Waals surface area contributed by atoms with Gasteiger partial charge in [-0.2, -0.15) is 0 Å². The Balaban J connectivity index is 3.76. The van der Waals surface area contributed by atoms with Crippen LogP contribution in [0.3, 0.4) is 0 Å². The molecular weight excluding hydrogens is 228 g/mol. The van der Waals surface area contributed by atoms with Gasteiger partial charge in [-0.3, -0.25) is 4.99 Å². The number of sulfonamides is 1. The second-order valence-corrected chi connectivity index (χ2v) is 5.06. The summed E-state index contributed by atoms with van der Waals surface area (Å²) in [6, 6.07) is 0. The number of rotatable bonds is 7. The van der Waals surface area contributed by atoms with Crippen molar-refractivity contribution in [2.75, 3.05) is 32.4 Å². The Hall–Kier alpha value is -1.08. The van der Waals surface area contributed by atoms with Gasteiger partial charge in [-0.1, -0.05) is 6.08 Å². The van der Waals surface area contributed by atoms with Crippen LogP contribution in [0.1, 0.15) is 6.92 Å². The smallest absolute Gasteiger partial charge is 0.211 e. The predicted molar refractivity (Wildman–Crippen MR) is 67.0 cm³/mol. The molecule has 0 spiro atoms. The fourth-order valence-electron chi connectivity index (χ4n) is 0.879. The molecule has 0 saturated heterocycles. The van der Waals surface area contributed by atoms with Crippen LogP contribution in [0, 0.1) is 0 Å². The van der Waals surface area contributed by atoms with Crippen LogP contribution >= 0.6 is 0 Å². The summed E-state index contributed by atoms with van der Waals surface area (Å²) in [5.41, 5.74) is 0. The molecule has 0 aromatic carbocycles. The molecule has 0 radical (unpaired) electrons. The molecule has 0 heterocycles. The maximum absolute atomic E-state index is 11.1. The summed E-state index contributed by atoms with van der Waals surface area (Å²) in [7, 11) is -1.46. The predicted octanol–water partition coefficient (Wildman–Crippen LogP) is -0.723. The molecule has 94 valence electrons. The van der Waals surface area contributed by atoms with E-state index in [1.807, 2.05) is 0 Å². The first-order chi connectivity index (χ1) is 7.55. The Kier molecular flexibility index (Phi) is 7.57. The molecule has 3 N–H and O–H groups in total. The Morgan fingerprint density at radius 1 is 1.38 bits per heavy atom. The summed E-state index contributed by atoms with van der Waals surface area (Å²) in [6.45, 7) is 6.60. The van der Waals surface area contributed by atoms with E-state index in [1.165, 1.54) is 0 Å². The highest BCUT2D eigenvalue weighted by atomic mass is 32.2. The van der Waals surface area contributed by atoms with Gasteiger partial charge in [0.05, 0.1) is 5.75 Å². The molecule has 0 aliphatic rings. The number of hydrogen-bond acceptors (Lipinski definition) is 3. The topological polar surface area (TPSA) is 82.6 Å². The van der Waals surface area contributed by atoms with Crippen molar-refractivity contribution >= 4 is 16.0 Å². The molecule has 0 aliphatic heterocycles. The van der Waals surface area contributed by atoms with E-state index in [9.17, 15) is 8.42 Å². The molecule has 0 unspecified atom stereocenters. The maximum Gasteiger partial charge on any atom is 0.211 e. The van der Waals surface area contributed by atoms with E-state index >= 15 is 0 Å². The lowest BCUT2D eigenvalue weighted by atomic mass is 10.6. The minimum absolute atomic E-state index is 0.0937. The van der Waals surface area contributed by atoms with Gasteiger partial charge in [0.1, 0.15) is 0 Å². The monoisotopic (exact) mass is 248 g/mol. The molecule has 0 saturated carbocycles. The van der Waals surface area contributed by atoms with E-state index in [1.54, 1.807) is 20.0 Å². The zero-order valence-corrected chi connectivity index (χ0v) is 10.6. The van der Waals surface area contributed by atoms with Crippen molar-refractivity contribution in [2.24, 2.45) is 4.99 Å². The molecular formula is C9H20N4O2S. The second kappa shape index (κ2) is 8.12. The van der Waals surface area contributed by atoms with Crippen LogP contribution in [-0.2, 0) is 10.0 Å². The van der Waals surface area contributed by atoms with Gasteiger partial charge in [-0.25, -0.2) is 13.1 Å². The number of aliphatic imine (C=N–C) groups is 1. The summed E-state index contributed by atoms with van der Waals surface area (Å²) in [5, 5.41) is 5.94. The van der Waals surface area contributed by atoms with Crippen molar-refractivity contribution in [2.45, 2.75) is 6.92 Å². The highest BCUT2D eigenvalue weighted by molar-refractivity contribution is 7.89. The fourth-order valence-corrected chi connectivity index (χ4v) is 1.50. The van der Waals surface area contributed by atoms with Gasteiger partial charge in [0, 0.05) is 26.7 Å². The quantitative estimate of drug-likeness (QED) is 0.240. The third-order valence-corrected chi connectivity index (χ3v) is 3.16. The zero-order chi connectivity index (χ0) is 12.4. The third kappa shape index (κ3) is 7.24. The van der Waals surface area contributed by atoms with Crippen molar-refractivity contribution in [3.8, 4) is 0 Å². The molecule has 0 aromatic heterocycles. The molecule has 0 amide bonds. The molecule has 0 aliphatic carbocycles. The number of guanidine groups is 1. The number of hydrogen-bond donors (Lipinski definition) is 3. The largest absolute Gasteiger partial charge is 0.355 e. The van der Waals surface area contributed by atoms with Crippen molar-refractivity contribution in [3.63, 3.8) is 0 Å². The van der Waals surface area contributed by atoms with Gasteiger partial charge in [-0.15, -0.1) is 6.58 Å². The first-order valence-corrected chi connectivity index (χ1v) is 6.73. The minimum Gasteiger partial charge on any atom is -0.355 e. The summed E-state index contributed by atoms with van der Waals surface area (Å²) in [6.07, 6.45) is 1.71. The average molecular weight is 248 g/mol. The Labute approximate surface area is 97.3 Å². The first kappa shape index (κ1) is 14.9. The summed E-state index contributed by atoms with van der Waals surface area (Å²) >= 11 is 0. The average Bonchev–Trinajstić information content (AvgIpc) is 2.28. The number of nitrogens with zero attached hydrogens (tertiary/aromatic N) is 1. The Morgan fingerprint density at radius 2 is 2.06 bits per heavy atom. The third-order valence-electron chi connectivity index (χ3n) is 1.76. The normalized spacial score (nSPS) is 12.2. The van der Waals surface area contributed by atoms with Crippen LogP contribution in [0.25, 0.3) is 0 Å². The van der Waals surface area contributed by atoms with E-state index < -0.39 is 10.0 Å². The second-order valence-electron chi connectivity index (χ2n) is 2.97. The standard InChI is InChI=1S/C9H20N4O2S/c1-4-6-11-9(10-3)12-7-8-13-16(14,15)5-2/h4,13H,1,5-8H2,2-3H3,(H2,10,11,12). The minimum atomic E-state index is -3.11. The lowest BCUT2D eigenvalue weighted by molar-refractivity contribution is 0.582. The molecule has 6 nitrogen and oxygen atoms in total. The first-order valence-electron chi connectivity index (χ1n) is 5.08. The SMILES string of the molecule is C=CCNC(=NC)NCCNS(=O)(=O)CC. The highest BCUT2D eigenvalue weighted by Gasteiger charge is 2.04. The van der Waals surface area contributed by atoms with E-state index in [4.69, 9.17) is 0 Å².